The molecular weight excluding hydrogens is 364 g/mol. The minimum Gasteiger partial charge on any atom is -0.494 e. The van der Waals surface area contributed by atoms with Crippen LogP contribution in [0.4, 0.5) is 5.13 Å². The maximum atomic E-state index is 12.4. The van der Waals surface area contributed by atoms with Gasteiger partial charge in [0.05, 0.1) is 12.3 Å². The van der Waals surface area contributed by atoms with Gasteiger partial charge in [-0.1, -0.05) is 13.0 Å². The number of ether oxygens (including phenoxy) is 1. The van der Waals surface area contributed by atoms with E-state index in [2.05, 4.69) is 17.2 Å². The maximum Gasteiger partial charge on any atom is 0.257 e. The number of hydrogen-bond acceptors (Lipinski definition) is 5. The molecule has 0 saturated carbocycles. The number of hydrogen-bond donors (Lipinski definition) is 1. The zero-order valence-corrected chi connectivity index (χ0v) is 16.3. The first-order valence-corrected chi connectivity index (χ1v) is 10.4. The fourth-order valence-corrected chi connectivity index (χ4v) is 3.51. The molecule has 3 rings (SSSR count). The molecule has 3 aromatic rings. The van der Waals surface area contributed by atoms with E-state index < -0.39 is 0 Å². The Kier molecular flexibility index (Phi) is 6.30. The van der Waals surface area contributed by atoms with Gasteiger partial charge in [0.25, 0.3) is 5.91 Å². The Balaban J connectivity index is 1.68. The van der Waals surface area contributed by atoms with Crippen LogP contribution in [-0.4, -0.2) is 23.8 Å². The van der Waals surface area contributed by atoms with Gasteiger partial charge in [0.2, 0.25) is 0 Å². The fourth-order valence-electron chi connectivity index (χ4n) is 2.34. The van der Waals surface area contributed by atoms with Crippen LogP contribution in [0.25, 0.3) is 11.3 Å². The summed E-state index contributed by atoms with van der Waals surface area (Å²) in [7, 11) is 0. The first-order chi connectivity index (χ1) is 12.7. The number of amides is 1. The second-order valence-electron chi connectivity index (χ2n) is 5.60. The van der Waals surface area contributed by atoms with Crippen molar-refractivity contribution in [3.05, 3.63) is 59.5 Å². The molecule has 1 aromatic heterocycles. The van der Waals surface area contributed by atoms with Gasteiger partial charge in [0.1, 0.15) is 5.75 Å². The van der Waals surface area contributed by atoms with E-state index in [1.807, 2.05) is 54.1 Å². The van der Waals surface area contributed by atoms with Crippen LogP contribution in [0.3, 0.4) is 0 Å². The van der Waals surface area contributed by atoms with Gasteiger partial charge in [-0.25, -0.2) is 4.98 Å². The Morgan fingerprint density at radius 1 is 1.23 bits per heavy atom. The summed E-state index contributed by atoms with van der Waals surface area (Å²) in [6, 6.07) is 15.4. The summed E-state index contributed by atoms with van der Waals surface area (Å²) in [4.78, 5) is 18.0. The Morgan fingerprint density at radius 2 is 2.04 bits per heavy atom. The summed E-state index contributed by atoms with van der Waals surface area (Å²) < 4.78 is 5.60. The Bertz CT molecular complexity index is 876. The highest BCUT2D eigenvalue weighted by molar-refractivity contribution is 7.98. The van der Waals surface area contributed by atoms with E-state index in [0.29, 0.717) is 17.3 Å². The predicted molar refractivity (Wildman–Crippen MR) is 110 cm³/mol. The van der Waals surface area contributed by atoms with E-state index >= 15 is 0 Å². The smallest absolute Gasteiger partial charge is 0.257 e. The second kappa shape index (κ2) is 8.87. The molecule has 1 N–H and O–H groups in total. The van der Waals surface area contributed by atoms with Gasteiger partial charge in [0, 0.05) is 21.4 Å². The zero-order valence-electron chi connectivity index (χ0n) is 14.7. The molecule has 0 unspecified atom stereocenters. The van der Waals surface area contributed by atoms with Crippen LogP contribution in [0.15, 0.2) is 58.8 Å². The zero-order chi connectivity index (χ0) is 18.4. The Morgan fingerprint density at radius 3 is 2.77 bits per heavy atom. The number of nitrogens with one attached hydrogen (secondary N) is 1. The van der Waals surface area contributed by atoms with Crippen LogP contribution in [0.2, 0.25) is 0 Å². The summed E-state index contributed by atoms with van der Waals surface area (Å²) in [5.41, 5.74) is 2.46. The van der Waals surface area contributed by atoms with Crippen molar-refractivity contribution in [2.75, 3.05) is 18.2 Å². The van der Waals surface area contributed by atoms with Crippen LogP contribution >= 0.6 is 23.1 Å². The predicted octanol–water partition coefficient (Wildman–Crippen LogP) is 5.57. The molecule has 134 valence electrons. The molecule has 4 nitrogen and oxygen atoms in total. The highest BCUT2D eigenvalue weighted by atomic mass is 32.2. The molecule has 0 radical (unpaired) electrons. The average molecular weight is 385 g/mol. The quantitative estimate of drug-likeness (QED) is 0.541. The van der Waals surface area contributed by atoms with Crippen LogP contribution < -0.4 is 10.1 Å². The molecule has 0 aliphatic heterocycles. The number of thioether (sulfide) groups is 1. The van der Waals surface area contributed by atoms with E-state index in [0.717, 1.165) is 28.3 Å². The Hall–Kier alpha value is -2.31. The second-order valence-corrected chi connectivity index (χ2v) is 7.33. The monoisotopic (exact) mass is 384 g/mol. The highest BCUT2D eigenvalue weighted by Crippen LogP contribution is 2.27. The van der Waals surface area contributed by atoms with E-state index in [-0.39, 0.29) is 5.91 Å². The molecule has 1 heterocycles. The SMILES string of the molecule is CCCOc1ccc(-c2csc(NC(=O)c3cccc(SC)c3)n2)cc1. The number of carbonyl (C=O) groups excluding carboxylic acids is 1. The van der Waals surface area contributed by atoms with Crippen molar-refractivity contribution in [2.45, 2.75) is 18.2 Å². The van der Waals surface area contributed by atoms with Gasteiger partial charge in [0.15, 0.2) is 5.13 Å². The molecule has 0 spiro atoms. The molecular formula is C20H20N2O2S2. The third kappa shape index (κ3) is 4.65. The van der Waals surface area contributed by atoms with Gasteiger partial charge < -0.3 is 4.74 Å². The van der Waals surface area contributed by atoms with E-state index in [1.54, 1.807) is 17.8 Å². The third-order valence-corrected chi connectivity index (χ3v) is 5.16. The lowest BCUT2D eigenvalue weighted by atomic mass is 10.2. The first kappa shape index (κ1) is 18.5. The van der Waals surface area contributed by atoms with E-state index in [4.69, 9.17) is 4.74 Å². The van der Waals surface area contributed by atoms with Crippen molar-refractivity contribution < 1.29 is 9.53 Å². The molecule has 6 heteroatoms. The summed E-state index contributed by atoms with van der Waals surface area (Å²) in [5.74, 6) is 0.707. The molecule has 1 amide bonds. The minimum atomic E-state index is -0.148. The summed E-state index contributed by atoms with van der Waals surface area (Å²) in [5, 5.41) is 5.40. The third-order valence-electron chi connectivity index (χ3n) is 3.68. The van der Waals surface area contributed by atoms with Crippen LogP contribution in [0, 0.1) is 0 Å². The molecule has 0 aliphatic carbocycles. The lowest BCUT2D eigenvalue weighted by Crippen LogP contribution is -2.11. The van der Waals surface area contributed by atoms with Crippen LogP contribution in [0.1, 0.15) is 23.7 Å². The number of anilines is 1. The number of rotatable bonds is 7. The number of aromatic nitrogens is 1. The van der Waals surface area contributed by atoms with E-state index in [1.165, 1.54) is 11.3 Å². The maximum absolute atomic E-state index is 12.4. The van der Waals surface area contributed by atoms with Crippen molar-refractivity contribution in [3.8, 4) is 17.0 Å². The number of thiazole rings is 1. The van der Waals surface area contributed by atoms with Gasteiger partial charge in [-0.2, -0.15) is 0 Å². The number of nitrogens with zero attached hydrogens (tertiary/aromatic N) is 1. The van der Waals surface area contributed by atoms with Crippen molar-refractivity contribution in [2.24, 2.45) is 0 Å². The van der Waals surface area contributed by atoms with Crippen molar-refractivity contribution >= 4 is 34.1 Å². The normalized spacial score (nSPS) is 10.5. The standard InChI is InChI=1S/C20H20N2O2S2/c1-3-11-24-16-9-7-14(8-10-16)18-13-26-20(21-18)22-19(23)15-5-4-6-17(12-15)25-2/h4-10,12-13H,3,11H2,1-2H3,(H,21,22,23). The van der Waals surface area contributed by atoms with E-state index in [9.17, 15) is 4.79 Å². The molecule has 0 bridgehead atoms. The molecule has 2 aromatic carbocycles. The first-order valence-electron chi connectivity index (χ1n) is 8.33. The fraction of sp³-hybridized carbons (Fsp3) is 0.200. The largest absolute Gasteiger partial charge is 0.494 e. The highest BCUT2D eigenvalue weighted by Gasteiger charge is 2.10. The van der Waals surface area contributed by atoms with Crippen molar-refractivity contribution in [1.82, 2.24) is 4.98 Å². The molecule has 26 heavy (non-hydrogen) atoms. The van der Waals surface area contributed by atoms with Crippen molar-refractivity contribution in [1.29, 1.82) is 0 Å². The van der Waals surface area contributed by atoms with Gasteiger partial charge >= 0.3 is 0 Å². The lowest BCUT2D eigenvalue weighted by Gasteiger charge is -2.05. The molecule has 0 saturated heterocycles. The molecule has 0 atom stereocenters. The molecule has 0 fully saturated rings. The minimum absolute atomic E-state index is 0.148. The Labute approximate surface area is 161 Å². The van der Waals surface area contributed by atoms with Crippen LogP contribution in [-0.2, 0) is 0 Å². The van der Waals surface area contributed by atoms with Crippen LogP contribution in [0.5, 0.6) is 5.75 Å². The average Bonchev–Trinajstić information content (AvgIpc) is 3.15. The number of benzene rings is 2. The number of carbonyl (C=O) groups is 1. The lowest BCUT2D eigenvalue weighted by molar-refractivity contribution is 0.102. The summed E-state index contributed by atoms with van der Waals surface area (Å²) in [6.07, 6.45) is 2.97. The van der Waals surface area contributed by atoms with Gasteiger partial charge in [-0.05, 0) is 55.1 Å². The van der Waals surface area contributed by atoms with Gasteiger partial charge in [-0.15, -0.1) is 23.1 Å². The molecule has 0 aliphatic rings. The topological polar surface area (TPSA) is 51.2 Å². The van der Waals surface area contributed by atoms with Crippen molar-refractivity contribution in [3.63, 3.8) is 0 Å². The van der Waals surface area contributed by atoms with Gasteiger partial charge in [-0.3, -0.25) is 10.1 Å². The summed E-state index contributed by atoms with van der Waals surface area (Å²) >= 11 is 3.03. The summed E-state index contributed by atoms with van der Waals surface area (Å²) in [6.45, 7) is 2.79.